The van der Waals surface area contributed by atoms with Crippen molar-refractivity contribution in [1.29, 1.82) is 0 Å². The Bertz CT molecular complexity index is 642. The molecule has 4 aliphatic carbocycles. The van der Waals surface area contributed by atoms with E-state index >= 15 is 0 Å². The number of amides is 1. The Morgan fingerprint density at radius 3 is 2.55 bits per heavy atom. The number of rotatable bonds is 6. The normalized spacial score (nSPS) is 45.2. The maximum absolute atomic E-state index is 11.6. The van der Waals surface area contributed by atoms with E-state index in [1.807, 2.05) is 0 Å². The quantitative estimate of drug-likeness (QED) is 0.574. The highest BCUT2D eigenvalue weighted by atomic mass is 16.5. The lowest BCUT2D eigenvalue weighted by Gasteiger charge is -2.61. The van der Waals surface area contributed by atoms with Gasteiger partial charge in [-0.1, -0.05) is 20.8 Å². The van der Waals surface area contributed by atoms with E-state index < -0.39 is 0 Å². The van der Waals surface area contributed by atoms with Crippen LogP contribution < -0.4 is 16.4 Å². The standard InChI is InChI=1S/C26H47N3O2/c1-17(16-29-24(30)31-4)21-7-8-22-20-6-5-18-15-19(28-14-13-27)9-11-25(18,2)23(20)10-12-26(21,22)3/h17-23,28H,5-16,27H2,1-4H3,(H,29,30)/t17-,18+,19+,20?,21?,22?,23?,25+,26-/m1/s1. The molecule has 4 aliphatic rings. The van der Waals surface area contributed by atoms with Crippen molar-refractivity contribution < 1.29 is 9.53 Å². The average Bonchev–Trinajstić information content (AvgIpc) is 3.13. The number of hydrogen-bond donors (Lipinski definition) is 3. The molecule has 0 aromatic carbocycles. The topological polar surface area (TPSA) is 76.4 Å². The molecule has 0 bridgehead atoms. The Morgan fingerprint density at radius 1 is 1.06 bits per heavy atom. The van der Waals surface area contributed by atoms with Crippen LogP contribution in [0, 0.1) is 46.3 Å². The molecule has 0 aromatic heterocycles. The number of ether oxygens (including phenoxy) is 1. The third-order valence-corrected chi connectivity index (χ3v) is 10.8. The molecule has 4 saturated carbocycles. The van der Waals surface area contributed by atoms with Crippen molar-refractivity contribution in [2.24, 2.45) is 52.1 Å². The number of methoxy groups -OCH3 is 1. The summed E-state index contributed by atoms with van der Waals surface area (Å²) in [7, 11) is 1.45. The van der Waals surface area contributed by atoms with Gasteiger partial charge in [-0.25, -0.2) is 4.79 Å². The molecule has 0 saturated heterocycles. The van der Waals surface area contributed by atoms with Gasteiger partial charge in [-0.05, 0) is 104 Å². The SMILES string of the molecule is COC(=O)NC[C@@H](C)C1CCC2C3CC[C@H]4C[C@@H](NCCN)CC[C@]4(C)C3CC[C@@]21C. The Morgan fingerprint density at radius 2 is 1.81 bits per heavy atom. The van der Waals surface area contributed by atoms with Crippen LogP contribution in [-0.2, 0) is 4.74 Å². The first-order valence-electron chi connectivity index (χ1n) is 13.1. The second-order valence-corrected chi connectivity index (χ2v) is 11.9. The van der Waals surface area contributed by atoms with E-state index in [9.17, 15) is 4.79 Å². The molecule has 0 aromatic rings. The van der Waals surface area contributed by atoms with Crippen LogP contribution in [0.2, 0.25) is 0 Å². The second-order valence-electron chi connectivity index (χ2n) is 11.9. The van der Waals surface area contributed by atoms with Gasteiger partial charge >= 0.3 is 6.09 Å². The Kier molecular flexibility index (Phi) is 6.94. The Hall–Kier alpha value is -0.810. The third-order valence-electron chi connectivity index (χ3n) is 10.8. The molecule has 0 radical (unpaired) electrons. The summed E-state index contributed by atoms with van der Waals surface area (Å²) in [5.41, 5.74) is 6.73. The highest BCUT2D eigenvalue weighted by Gasteiger charge is 2.60. The predicted octanol–water partition coefficient (Wildman–Crippen LogP) is 4.55. The zero-order valence-electron chi connectivity index (χ0n) is 20.4. The molecule has 4 fully saturated rings. The maximum Gasteiger partial charge on any atom is 0.406 e. The van der Waals surface area contributed by atoms with Gasteiger partial charge in [0, 0.05) is 25.7 Å². The van der Waals surface area contributed by atoms with E-state index in [-0.39, 0.29) is 6.09 Å². The molecule has 31 heavy (non-hydrogen) atoms. The van der Waals surface area contributed by atoms with Crippen LogP contribution >= 0.6 is 0 Å². The number of carbonyl (C=O) groups is 1. The van der Waals surface area contributed by atoms with Crippen LogP contribution in [0.25, 0.3) is 0 Å². The number of carbonyl (C=O) groups excluding carboxylic acids is 1. The largest absolute Gasteiger partial charge is 0.453 e. The fourth-order valence-corrected chi connectivity index (χ4v) is 9.16. The summed E-state index contributed by atoms with van der Waals surface area (Å²) >= 11 is 0. The fraction of sp³-hybridized carbons (Fsp3) is 0.962. The van der Waals surface area contributed by atoms with E-state index in [1.165, 1.54) is 64.9 Å². The van der Waals surface area contributed by atoms with Crippen molar-refractivity contribution >= 4 is 6.09 Å². The lowest BCUT2D eigenvalue weighted by molar-refractivity contribution is -0.117. The second kappa shape index (κ2) is 9.21. The molecule has 0 aliphatic heterocycles. The third kappa shape index (κ3) is 4.14. The first kappa shape index (κ1) is 23.4. The van der Waals surface area contributed by atoms with Gasteiger partial charge in [-0.3, -0.25) is 0 Å². The fourth-order valence-electron chi connectivity index (χ4n) is 9.16. The highest BCUT2D eigenvalue weighted by molar-refractivity contribution is 5.66. The van der Waals surface area contributed by atoms with Crippen molar-refractivity contribution in [3.63, 3.8) is 0 Å². The van der Waals surface area contributed by atoms with Gasteiger partial charge in [0.15, 0.2) is 0 Å². The van der Waals surface area contributed by atoms with Crippen molar-refractivity contribution in [3.8, 4) is 0 Å². The molecule has 4 unspecified atom stereocenters. The van der Waals surface area contributed by atoms with Crippen molar-refractivity contribution in [1.82, 2.24) is 10.6 Å². The van der Waals surface area contributed by atoms with E-state index in [0.29, 0.717) is 22.8 Å². The van der Waals surface area contributed by atoms with Gasteiger partial charge in [0.05, 0.1) is 7.11 Å². The molecule has 5 nitrogen and oxygen atoms in total. The van der Waals surface area contributed by atoms with Crippen molar-refractivity contribution in [2.75, 3.05) is 26.7 Å². The van der Waals surface area contributed by atoms with Gasteiger partial charge < -0.3 is 21.1 Å². The van der Waals surface area contributed by atoms with Crippen molar-refractivity contribution in [3.05, 3.63) is 0 Å². The molecule has 1 amide bonds. The average molecular weight is 434 g/mol. The molecule has 178 valence electrons. The number of alkyl carbamates (subject to hydrolysis) is 1. The summed E-state index contributed by atoms with van der Waals surface area (Å²) in [6.07, 6.45) is 12.2. The predicted molar refractivity (Wildman–Crippen MR) is 126 cm³/mol. The zero-order chi connectivity index (χ0) is 22.2. The van der Waals surface area contributed by atoms with Crippen LogP contribution in [0.15, 0.2) is 0 Å². The van der Waals surface area contributed by atoms with E-state index in [1.54, 1.807) is 0 Å². The number of hydrogen-bond acceptors (Lipinski definition) is 4. The number of fused-ring (bicyclic) bond motifs is 5. The van der Waals surface area contributed by atoms with E-state index in [2.05, 4.69) is 31.4 Å². The summed E-state index contributed by atoms with van der Waals surface area (Å²) in [6, 6.07) is 0.686. The lowest BCUT2D eigenvalue weighted by atomic mass is 9.44. The summed E-state index contributed by atoms with van der Waals surface area (Å²) in [5.74, 6) is 4.84. The van der Waals surface area contributed by atoms with Gasteiger partial charge in [0.2, 0.25) is 0 Å². The van der Waals surface area contributed by atoms with Gasteiger partial charge in [0.25, 0.3) is 0 Å². The van der Waals surface area contributed by atoms with Gasteiger partial charge in [-0.2, -0.15) is 0 Å². The number of nitrogens with one attached hydrogen (secondary N) is 2. The minimum absolute atomic E-state index is 0.293. The molecular formula is C26H47N3O2. The molecule has 5 heteroatoms. The molecular weight excluding hydrogens is 386 g/mol. The van der Waals surface area contributed by atoms with E-state index in [4.69, 9.17) is 10.5 Å². The monoisotopic (exact) mass is 433 g/mol. The van der Waals surface area contributed by atoms with Gasteiger partial charge in [-0.15, -0.1) is 0 Å². The molecule has 0 spiro atoms. The molecule has 4 N–H and O–H groups in total. The Labute approximate surface area is 190 Å². The van der Waals surface area contributed by atoms with Crippen LogP contribution in [-0.4, -0.2) is 38.9 Å². The van der Waals surface area contributed by atoms with Crippen molar-refractivity contribution in [2.45, 2.75) is 84.6 Å². The summed E-state index contributed by atoms with van der Waals surface area (Å²) in [4.78, 5) is 11.6. The first-order valence-corrected chi connectivity index (χ1v) is 13.1. The van der Waals surface area contributed by atoms with Gasteiger partial charge in [0.1, 0.15) is 0 Å². The van der Waals surface area contributed by atoms with Crippen LogP contribution in [0.5, 0.6) is 0 Å². The highest BCUT2D eigenvalue weighted by Crippen LogP contribution is 2.68. The minimum Gasteiger partial charge on any atom is -0.453 e. The summed E-state index contributed by atoms with van der Waals surface area (Å²) in [5, 5.41) is 6.68. The van der Waals surface area contributed by atoms with Crippen LogP contribution in [0.3, 0.4) is 0 Å². The molecule has 0 heterocycles. The molecule has 9 atom stereocenters. The lowest BCUT2D eigenvalue weighted by Crippen LogP contribution is -2.55. The molecule has 4 rings (SSSR count). The minimum atomic E-state index is -0.293. The smallest absolute Gasteiger partial charge is 0.406 e. The first-order chi connectivity index (χ1) is 14.8. The number of nitrogens with two attached hydrogens (primary N) is 1. The zero-order valence-corrected chi connectivity index (χ0v) is 20.4. The Balaban J connectivity index is 1.43. The summed E-state index contributed by atoms with van der Waals surface area (Å²) in [6.45, 7) is 10.1. The summed E-state index contributed by atoms with van der Waals surface area (Å²) < 4.78 is 4.80. The van der Waals surface area contributed by atoms with E-state index in [0.717, 1.165) is 49.2 Å². The van der Waals surface area contributed by atoms with Crippen LogP contribution in [0.4, 0.5) is 4.79 Å². The van der Waals surface area contributed by atoms with Crippen LogP contribution in [0.1, 0.15) is 78.6 Å². The maximum atomic E-state index is 11.6.